The van der Waals surface area contributed by atoms with Crippen molar-refractivity contribution in [1.29, 1.82) is 0 Å². The predicted octanol–water partition coefficient (Wildman–Crippen LogP) is 3.01. The monoisotopic (exact) mass is 457 g/mol. The van der Waals surface area contributed by atoms with Crippen LogP contribution in [0.3, 0.4) is 0 Å². The summed E-state index contributed by atoms with van der Waals surface area (Å²) in [4.78, 5) is 41.9. The molecule has 0 saturated carbocycles. The van der Waals surface area contributed by atoms with Gasteiger partial charge >= 0.3 is 11.7 Å². The van der Waals surface area contributed by atoms with E-state index in [1.165, 1.54) is 18.2 Å². The Labute approximate surface area is 172 Å². The van der Waals surface area contributed by atoms with Crippen LogP contribution >= 0.6 is 15.9 Å². The lowest BCUT2D eigenvalue weighted by Crippen LogP contribution is -2.31. The fourth-order valence-corrected chi connectivity index (χ4v) is 3.20. The molecule has 148 valence electrons. The van der Waals surface area contributed by atoms with Crippen molar-refractivity contribution in [2.75, 3.05) is 0 Å². The first kappa shape index (κ1) is 20.3. The van der Waals surface area contributed by atoms with E-state index in [4.69, 9.17) is 5.11 Å². The molecular weight excluding hydrogens is 442 g/mol. The number of carbonyl (C=O) groups is 1. The summed E-state index contributed by atoms with van der Waals surface area (Å²) in [6.07, 6.45) is 1.68. The third kappa shape index (κ3) is 4.19. The minimum atomic E-state index is -1.11. The maximum absolute atomic E-state index is 12.4. The van der Waals surface area contributed by atoms with Gasteiger partial charge in [0, 0.05) is 10.7 Å². The second-order valence-electron chi connectivity index (χ2n) is 6.07. The highest BCUT2D eigenvalue weighted by atomic mass is 79.9. The fourth-order valence-electron chi connectivity index (χ4n) is 2.79. The van der Waals surface area contributed by atoms with Gasteiger partial charge in [0.1, 0.15) is 5.56 Å². The van der Waals surface area contributed by atoms with Crippen molar-refractivity contribution in [2.24, 2.45) is 4.99 Å². The maximum Gasteiger partial charge on any atom is 0.335 e. The van der Waals surface area contributed by atoms with Crippen LogP contribution in [0, 0.1) is 0 Å². The molecule has 9 heteroatoms. The number of benzene rings is 2. The number of hydrogen-bond donors (Lipinski definition) is 3. The number of aryl methyl sites for hydroxylation is 1. The van der Waals surface area contributed by atoms with E-state index in [1.807, 2.05) is 13.0 Å². The molecule has 0 atom stereocenters. The Bertz CT molecular complexity index is 1240. The number of aromatic nitrogens is 2. The van der Waals surface area contributed by atoms with Crippen LogP contribution in [0.1, 0.15) is 28.4 Å². The number of hydrogen-bond acceptors (Lipinski definition) is 5. The zero-order valence-electron chi connectivity index (χ0n) is 15.2. The molecule has 29 heavy (non-hydrogen) atoms. The Morgan fingerprint density at radius 2 is 2.00 bits per heavy atom. The molecule has 2 aromatic carbocycles. The average molecular weight is 458 g/mol. The summed E-state index contributed by atoms with van der Waals surface area (Å²) >= 11 is 3.37. The van der Waals surface area contributed by atoms with E-state index in [2.05, 4.69) is 25.9 Å². The van der Waals surface area contributed by atoms with Crippen molar-refractivity contribution in [3.63, 3.8) is 0 Å². The van der Waals surface area contributed by atoms with Gasteiger partial charge in [-0.1, -0.05) is 28.9 Å². The van der Waals surface area contributed by atoms with Crippen molar-refractivity contribution in [3.05, 3.63) is 84.5 Å². The summed E-state index contributed by atoms with van der Waals surface area (Å²) in [5.41, 5.74) is -0.302. The zero-order chi connectivity index (χ0) is 21.1. The number of aromatic amines is 1. The van der Waals surface area contributed by atoms with Crippen LogP contribution in [0.4, 0.5) is 5.69 Å². The van der Waals surface area contributed by atoms with E-state index in [9.17, 15) is 19.5 Å². The summed E-state index contributed by atoms with van der Waals surface area (Å²) in [5, 5.41) is 19.7. The number of H-pyrrole nitrogens is 1. The van der Waals surface area contributed by atoms with Crippen LogP contribution in [0.15, 0.2) is 61.5 Å². The van der Waals surface area contributed by atoms with Gasteiger partial charge in [0.2, 0.25) is 5.88 Å². The minimum absolute atomic E-state index is 0.0326. The Morgan fingerprint density at radius 1 is 1.24 bits per heavy atom. The minimum Gasteiger partial charge on any atom is -0.493 e. The molecule has 3 N–H and O–H groups in total. The molecule has 0 radical (unpaired) electrons. The van der Waals surface area contributed by atoms with Crippen molar-refractivity contribution in [3.8, 4) is 11.6 Å². The van der Waals surface area contributed by atoms with Gasteiger partial charge in [-0.05, 0) is 48.4 Å². The van der Waals surface area contributed by atoms with Crippen molar-refractivity contribution >= 4 is 33.8 Å². The lowest BCUT2D eigenvalue weighted by molar-refractivity contribution is 0.0697. The number of nitrogens with one attached hydrogen (secondary N) is 1. The van der Waals surface area contributed by atoms with E-state index < -0.39 is 23.1 Å². The summed E-state index contributed by atoms with van der Waals surface area (Å²) in [6, 6.07) is 11.0. The van der Waals surface area contributed by atoms with E-state index in [-0.39, 0.29) is 16.8 Å². The number of aliphatic imine (C=N–C) groups is 1. The van der Waals surface area contributed by atoms with Crippen LogP contribution < -0.4 is 11.2 Å². The molecule has 0 unspecified atom stereocenters. The molecule has 0 bridgehead atoms. The maximum atomic E-state index is 12.4. The molecule has 3 aromatic rings. The molecule has 1 heterocycles. The zero-order valence-corrected chi connectivity index (χ0v) is 16.8. The molecule has 1 aromatic heterocycles. The lowest BCUT2D eigenvalue weighted by Gasteiger charge is -2.13. The van der Waals surface area contributed by atoms with Gasteiger partial charge in [-0.2, -0.15) is 0 Å². The van der Waals surface area contributed by atoms with Gasteiger partial charge in [0.05, 0.1) is 16.9 Å². The summed E-state index contributed by atoms with van der Waals surface area (Å²) in [7, 11) is 0. The van der Waals surface area contributed by atoms with Crippen molar-refractivity contribution in [1.82, 2.24) is 9.55 Å². The molecular formula is C20H16BrN3O5. The van der Waals surface area contributed by atoms with Gasteiger partial charge in [-0.3, -0.25) is 14.8 Å². The molecule has 0 fully saturated rings. The molecule has 0 saturated heterocycles. The standard InChI is InChI=1S/C20H16BrN3O5/c1-2-11-8-13(21)6-7-16(11)24-18(26)15(17(25)23-20(24)29)10-22-14-5-3-4-12(9-14)19(27)28/h3-10,26H,2H2,1H3,(H,27,28)(H,23,25,29). The van der Waals surface area contributed by atoms with E-state index in [1.54, 1.807) is 18.2 Å². The fraction of sp³-hybridized carbons (Fsp3) is 0.100. The number of nitrogens with zero attached hydrogens (tertiary/aromatic N) is 2. The highest BCUT2D eigenvalue weighted by Gasteiger charge is 2.16. The number of aromatic hydroxyl groups is 1. The summed E-state index contributed by atoms with van der Waals surface area (Å²) < 4.78 is 1.82. The number of rotatable bonds is 5. The third-order valence-electron chi connectivity index (χ3n) is 4.22. The normalized spacial score (nSPS) is 11.1. The van der Waals surface area contributed by atoms with Gasteiger partial charge in [0.25, 0.3) is 5.56 Å². The summed E-state index contributed by atoms with van der Waals surface area (Å²) in [5.74, 6) is -1.67. The van der Waals surface area contributed by atoms with E-state index >= 15 is 0 Å². The Hall–Kier alpha value is -3.46. The van der Waals surface area contributed by atoms with Gasteiger partial charge in [-0.15, -0.1) is 0 Å². The van der Waals surface area contributed by atoms with Crippen LogP contribution in [0.25, 0.3) is 5.69 Å². The van der Waals surface area contributed by atoms with Crippen LogP contribution in [0.5, 0.6) is 5.88 Å². The smallest absolute Gasteiger partial charge is 0.335 e. The van der Waals surface area contributed by atoms with Crippen molar-refractivity contribution in [2.45, 2.75) is 13.3 Å². The van der Waals surface area contributed by atoms with Gasteiger partial charge in [-0.25, -0.2) is 14.2 Å². The average Bonchev–Trinajstić information content (AvgIpc) is 2.68. The third-order valence-corrected chi connectivity index (χ3v) is 4.71. The molecule has 0 aliphatic heterocycles. The largest absolute Gasteiger partial charge is 0.493 e. The molecule has 0 spiro atoms. The van der Waals surface area contributed by atoms with Crippen molar-refractivity contribution < 1.29 is 15.0 Å². The predicted molar refractivity (Wildman–Crippen MR) is 112 cm³/mol. The summed E-state index contributed by atoms with van der Waals surface area (Å²) in [6.45, 7) is 1.90. The Kier molecular flexibility index (Phi) is 5.79. The number of halogens is 1. The molecule has 0 amide bonds. The quantitative estimate of drug-likeness (QED) is 0.507. The van der Waals surface area contributed by atoms with Crippen LogP contribution in [-0.2, 0) is 6.42 Å². The molecule has 3 rings (SSSR count). The van der Waals surface area contributed by atoms with E-state index in [0.717, 1.165) is 20.8 Å². The Morgan fingerprint density at radius 3 is 2.69 bits per heavy atom. The first-order valence-electron chi connectivity index (χ1n) is 8.56. The van der Waals surface area contributed by atoms with Gasteiger partial charge < -0.3 is 10.2 Å². The molecule has 0 aliphatic rings. The second kappa shape index (κ2) is 8.27. The number of aromatic carboxylic acids is 1. The highest BCUT2D eigenvalue weighted by molar-refractivity contribution is 9.10. The topological polar surface area (TPSA) is 125 Å². The SMILES string of the molecule is CCc1cc(Br)ccc1-n1c(O)c(C=Nc2cccc(C(=O)O)c2)c(=O)[nH]c1=O. The highest BCUT2D eigenvalue weighted by Crippen LogP contribution is 2.23. The number of carboxylic acid groups (broad SMARTS) is 1. The van der Waals surface area contributed by atoms with Crippen LogP contribution in [0.2, 0.25) is 0 Å². The molecule has 8 nitrogen and oxygen atoms in total. The van der Waals surface area contributed by atoms with Gasteiger partial charge in [0.15, 0.2) is 0 Å². The first-order chi connectivity index (χ1) is 13.8. The first-order valence-corrected chi connectivity index (χ1v) is 9.35. The number of carboxylic acids is 1. The second-order valence-corrected chi connectivity index (χ2v) is 6.99. The van der Waals surface area contributed by atoms with E-state index in [0.29, 0.717) is 12.1 Å². The molecule has 0 aliphatic carbocycles. The van der Waals surface area contributed by atoms with Crippen LogP contribution in [-0.4, -0.2) is 31.9 Å². The lowest BCUT2D eigenvalue weighted by atomic mass is 10.1. The Balaban J connectivity index is 2.14.